The molecule has 1 aromatic heterocycles. The topological polar surface area (TPSA) is 154 Å². The molecule has 1 saturated heterocycles. The molecule has 1 aliphatic rings. The van der Waals surface area contributed by atoms with E-state index in [0.717, 1.165) is 29.0 Å². The number of rotatable bonds is 22. The normalized spacial score (nSPS) is 16.8. The van der Waals surface area contributed by atoms with E-state index in [0.29, 0.717) is 25.9 Å². The zero-order valence-corrected chi connectivity index (χ0v) is 41.8. The van der Waals surface area contributed by atoms with Crippen molar-refractivity contribution in [3.05, 3.63) is 82.3 Å². The molecule has 1 fully saturated rings. The number of carbonyl (C=O) groups excluding carboxylic acids is 4. The van der Waals surface area contributed by atoms with E-state index in [2.05, 4.69) is 29.5 Å². The lowest BCUT2D eigenvalue weighted by molar-refractivity contribution is -0.146. The lowest BCUT2D eigenvalue weighted by Crippen LogP contribution is -2.55. The number of nitrogens with one attached hydrogen (secondary N) is 2. The van der Waals surface area contributed by atoms with Crippen LogP contribution >= 0.6 is 11.3 Å². The standard InChI is InChI=1S/C45H66N6O7S.C3H8.C2H6/c1-10-30(4)41(50(7)39(54)27-47-44(56)40(29(2)3)49(6)28-33-18-20-34(52)21-19-33)37(57-8)26-38(53)51-23-14-17-36(51)42(58-9)31(5)43(55)48-35(45-46-22-24-59-45)25-32-15-12-11-13-16-32;1-3-2;1-2/h11-13,15-16,18-22,24,29-31,35-37,40-42,52H,10,14,17,23,25-28H2,1-9H3,(H,47,56)(H,48,55);3H2,1-2H3;1-2H3. The minimum absolute atomic E-state index is 0.0243. The molecule has 8 unspecified atom stereocenters. The fourth-order valence-electron chi connectivity index (χ4n) is 8.48. The van der Waals surface area contributed by atoms with E-state index < -0.39 is 30.2 Å². The van der Waals surface area contributed by atoms with Crippen molar-refractivity contribution in [2.75, 3.05) is 41.4 Å². The molecule has 0 aliphatic carbocycles. The molecule has 2 aromatic carbocycles. The summed E-state index contributed by atoms with van der Waals surface area (Å²) in [7, 11) is 6.72. The molecule has 13 nitrogen and oxygen atoms in total. The molecular formula is C50H80N6O7S. The van der Waals surface area contributed by atoms with E-state index in [1.807, 2.05) is 113 Å². The van der Waals surface area contributed by atoms with Crippen LogP contribution in [-0.2, 0) is 41.6 Å². The number of likely N-dealkylation sites (tertiary alicyclic amines) is 1. The van der Waals surface area contributed by atoms with Crippen LogP contribution in [0, 0.1) is 17.8 Å². The summed E-state index contributed by atoms with van der Waals surface area (Å²) in [6.45, 7) is 18.9. The third-order valence-electron chi connectivity index (χ3n) is 11.8. The van der Waals surface area contributed by atoms with Crippen LogP contribution in [0.1, 0.15) is 117 Å². The van der Waals surface area contributed by atoms with E-state index in [-0.39, 0.29) is 66.3 Å². The second kappa shape index (κ2) is 29.2. The summed E-state index contributed by atoms with van der Waals surface area (Å²) < 4.78 is 12.0. The van der Waals surface area contributed by atoms with E-state index in [9.17, 15) is 24.3 Å². The number of hydrogen-bond donors (Lipinski definition) is 3. The Kier molecular flexibility index (Phi) is 25.5. The summed E-state index contributed by atoms with van der Waals surface area (Å²) in [6.07, 6.45) is 4.63. The predicted octanol–water partition coefficient (Wildman–Crippen LogP) is 7.88. The Morgan fingerprint density at radius 1 is 0.922 bits per heavy atom. The summed E-state index contributed by atoms with van der Waals surface area (Å²) in [5, 5.41) is 18.5. The molecule has 0 spiro atoms. The first-order valence-electron chi connectivity index (χ1n) is 23.2. The summed E-state index contributed by atoms with van der Waals surface area (Å²) in [6, 6.07) is 15.3. The molecule has 14 heteroatoms. The minimum atomic E-state index is -0.623. The third-order valence-corrected chi connectivity index (χ3v) is 12.7. The van der Waals surface area contributed by atoms with E-state index >= 15 is 0 Å². The van der Waals surface area contributed by atoms with Crippen molar-refractivity contribution in [3.8, 4) is 5.75 Å². The molecule has 3 aromatic rings. The molecule has 358 valence electrons. The second-order valence-corrected chi connectivity index (χ2v) is 17.9. The van der Waals surface area contributed by atoms with Crippen molar-refractivity contribution in [2.45, 2.75) is 144 Å². The average Bonchev–Trinajstić information content (AvgIpc) is 4.01. The first-order valence-corrected chi connectivity index (χ1v) is 24.1. The lowest BCUT2D eigenvalue weighted by Gasteiger charge is -2.39. The third kappa shape index (κ3) is 16.6. The maximum atomic E-state index is 14.3. The van der Waals surface area contributed by atoms with Gasteiger partial charge in [-0.25, -0.2) is 4.98 Å². The first-order chi connectivity index (χ1) is 30.6. The number of ether oxygens (including phenoxy) is 2. The predicted molar refractivity (Wildman–Crippen MR) is 258 cm³/mol. The molecule has 4 amide bonds. The van der Waals surface area contributed by atoms with Gasteiger partial charge in [-0.3, -0.25) is 24.1 Å². The number of phenolic OH excluding ortho intramolecular Hbond substituents is 1. The van der Waals surface area contributed by atoms with Crippen molar-refractivity contribution in [1.29, 1.82) is 0 Å². The summed E-state index contributed by atoms with van der Waals surface area (Å²) in [5.74, 6) is -1.29. The Bertz CT molecular complexity index is 1780. The smallest absolute Gasteiger partial charge is 0.242 e. The number of nitrogens with zero attached hydrogens (tertiary/aromatic N) is 4. The van der Waals surface area contributed by atoms with E-state index in [4.69, 9.17) is 9.47 Å². The van der Waals surface area contributed by atoms with Gasteiger partial charge < -0.3 is 35.0 Å². The van der Waals surface area contributed by atoms with Crippen LogP contribution in [0.3, 0.4) is 0 Å². The van der Waals surface area contributed by atoms with Crippen LogP contribution in [0.4, 0.5) is 0 Å². The Morgan fingerprint density at radius 3 is 2.11 bits per heavy atom. The molecule has 3 N–H and O–H groups in total. The number of benzene rings is 2. The van der Waals surface area contributed by atoms with Gasteiger partial charge in [-0.15, -0.1) is 11.3 Å². The summed E-state index contributed by atoms with van der Waals surface area (Å²) in [5.41, 5.74) is 2.03. The lowest BCUT2D eigenvalue weighted by atomic mass is 9.90. The van der Waals surface area contributed by atoms with Crippen molar-refractivity contribution >= 4 is 35.0 Å². The fraction of sp³-hybridized carbons (Fsp3) is 0.620. The van der Waals surface area contributed by atoms with Crippen molar-refractivity contribution in [1.82, 2.24) is 30.3 Å². The molecular weight excluding hydrogens is 829 g/mol. The van der Waals surface area contributed by atoms with Crippen LogP contribution < -0.4 is 10.6 Å². The number of hydrogen-bond acceptors (Lipinski definition) is 10. The molecule has 0 saturated carbocycles. The van der Waals surface area contributed by atoms with Crippen LogP contribution in [0.15, 0.2) is 66.2 Å². The Hall–Kier alpha value is -4.37. The van der Waals surface area contributed by atoms with Gasteiger partial charge in [-0.1, -0.05) is 118 Å². The van der Waals surface area contributed by atoms with Gasteiger partial charge in [0.15, 0.2) is 0 Å². The number of aromatic hydroxyl groups is 1. The molecule has 4 rings (SSSR count). The highest BCUT2D eigenvalue weighted by Crippen LogP contribution is 2.30. The zero-order valence-electron chi connectivity index (χ0n) is 41.0. The number of amides is 4. The number of aromatic nitrogens is 1. The van der Waals surface area contributed by atoms with Crippen LogP contribution in [0.25, 0.3) is 0 Å². The highest BCUT2D eigenvalue weighted by Gasteiger charge is 2.42. The van der Waals surface area contributed by atoms with Gasteiger partial charge in [0.05, 0.1) is 55.3 Å². The van der Waals surface area contributed by atoms with E-state index in [1.165, 1.54) is 17.8 Å². The Labute approximate surface area is 388 Å². The SMILES string of the molecule is CC.CCC.CCC(C)C(C(CC(=O)N1CCCC1C(OC)C(C)C(=O)NC(Cc1ccccc1)c1nccs1)OC)N(C)C(=O)CNC(=O)C(C(C)C)N(C)Cc1ccc(O)cc1. The van der Waals surface area contributed by atoms with Gasteiger partial charge in [-0.05, 0) is 61.4 Å². The zero-order chi connectivity index (χ0) is 47.9. The van der Waals surface area contributed by atoms with Crippen molar-refractivity contribution in [2.24, 2.45) is 17.8 Å². The quantitative estimate of drug-likeness (QED) is 0.0914. The summed E-state index contributed by atoms with van der Waals surface area (Å²) in [4.78, 5) is 65.4. The Balaban J connectivity index is 0.00000270. The fourth-order valence-corrected chi connectivity index (χ4v) is 9.17. The molecule has 2 heterocycles. The number of methoxy groups -OCH3 is 2. The van der Waals surface area contributed by atoms with Crippen LogP contribution in [0.2, 0.25) is 0 Å². The van der Waals surface area contributed by atoms with Gasteiger partial charge in [0.2, 0.25) is 23.6 Å². The van der Waals surface area contributed by atoms with Gasteiger partial charge in [0.25, 0.3) is 0 Å². The van der Waals surface area contributed by atoms with Crippen molar-refractivity contribution in [3.63, 3.8) is 0 Å². The minimum Gasteiger partial charge on any atom is -0.508 e. The summed E-state index contributed by atoms with van der Waals surface area (Å²) >= 11 is 1.50. The van der Waals surface area contributed by atoms with Crippen LogP contribution in [-0.4, -0.2) is 120 Å². The number of phenols is 1. The highest BCUT2D eigenvalue weighted by molar-refractivity contribution is 7.09. The first kappa shape index (κ1) is 55.8. The molecule has 8 atom stereocenters. The number of likely N-dealkylation sites (N-methyl/N-ethyl adjacent to an activating group) is 2. The Morgan fingerprint density at radius 2 is 1.56 bits per heavy atom. The van der Waals surface area contributed by atoms with Gasteiger partial charge >= 0.3 is 0 Å². The molecule has 1 aliphatic heterocycles. The number of carbonyl (C=O) groups is 4. The van der Waals surface area contributed by atoms with Gasteiger partial charge in [0, 0.05) is 45.9 Å². The van der Waals surface area contributed by atoms with Crippen LogP contribution in [0.5, 0.6) is 5.75 Å². The molecule has 0 bridgehead atoms. The number of thiazole rings is 1. The highest BCUT2D eigenvalue weighted by atomic mass is 32.1. The molecule has 0 radical (unpaired) electrons. The molecule has 64 heavy (non-hydrogen) atoms. The maximum absolute atomic E-state index is 14.3. The van der Waals surface area contributed by atoms with Crippen molar-refractivity contribution < 1.29 is 33.8 Å². The maximum Gasteiger partial charge on any atom is 0.242 e. The largest absolute Gasteiger partial charge is 0.508 e. The second-order valence-electron chi connectivity index (χ2n) is 17.0. The van der Waals surface area contributed by atoms with Gasteiger partial charge in [-0.2, -0.15) is 0 Å². The monoisotopic (exact) mass is 909 g/mol. The van der Waals surface area contributed by atoms with Gasteiger partial charge in [0.1, 0.15) is 10.8 Å². The average molecular weight is 909 g/mol. The van der Waals surface area contributed by atoms with E-state index in [1.54, 1.807) is 44.5 Å².